The third-order valence-corrected chi connectivity index (χ3v) is 5.92. The largest absolute Gasteiger partial charge is 0.364 e. The number of fused-ring (bicyclic) bond motifs is 1. The number of carbonyl (C=O) groups is 5. The molecule has 3 aromatic rings. The summed E-state index contributed by atoms with van der Waals surface area (Å²) in [6, 6.07) is 4.27. The van der Waals surface area contributed by atoms with E-state index < -0.39 is 23.8 Å². The van der Waals surface area contributed by atoms with Gasteiger partial charge < -0.3 is 16.0 Å². The monoisotopic (exact) mass is 477 g/mol. The van der Waals surface area contributed by atoms with E-state index in [4.69, 9.17) is 5.73 Å². The fourth-order valence-electron chi connectivity index (χ4n) is 4.14. The van der Waals surface area contributed by atoms with E-state index in [1.165, 1.54) is 15.8 Å². The van der Waals surface area contributed by atoms with Crippen LogP contribution in [0.3, 0.4) is 0 Å². The molecule has 2 aliphatic heterocycles. The Hall–Kier alpha value is -4.88. The lowest BCUT2D eigenvalue weighted by Gasteiger charge is -2.29. The molecule has 1 unspecified atom stereocenters. The van der Waals surface area contributed by atoms with Gasteiger partial charge in [-0.2, -0.15) is 5.10 Å². The Bertz CT molecular complexity index is 1420. The van der Waals surface area contributed by atoms with Gasteiger partial charge in [0.15, 0.2) is 11.4 Å². The Balaban J connectivity index is 1.34. The molecule has 1 atom stereocenters. The topological polar surface area (TPSA) is 198 Å². The van der Waals surface area contributed by atoms with E-state index in [1.807, 2.05) is 0 Å². The number of piperidine rings is 1. The molecule has 0 aliphatic carbocycles. The number of H-pyrrole nitrogens is 1. The average Bonchev–Trinajstić information content (AvgIpc) is 3.52. The third kappa shape index (κ3) is 3.80. The number of nitrogens with zero attached hydrogens (tertiary/aromatic N) is 5. The summed E-state index contributed by atoms with van der Waals surface area (Å²) < 4.78 is 1.37. The average molecular weight is 477 g/mol. The van der Waals surface area contributed by atoms with Crippen molar-refractivity contribution in [3.63, 3.8) is 0 Å². The molecule has 14 nitrogen and oxygen atoms in total. The van der Waals surface area contributed by atoms with Crippen molar-refractivity contribution >= 4 is 35.2 Å². The predicted molar refractivity (Wildman–Crippen MR) is 117 cm³/mol. The quantitative estimate of drug-likeness (QED) is 0.349. The molecule has 1 aromatic carbocycles. The van der Waals surface area contributed by atoms with Crippen molar-refractivity contribution in [1.82, 2.24) is 35.4 Å². The molecule has 0 bridgehead atoms. The van der Waals surface area contributed by atoms with Crippen molar-refractivity contribution in [1.29, 1.82) is 0 Å². The minimum absolute atomic E-state index is 0.0252. The number of nitrogens with two attached hydrogens (primary N) is 1. The van der Waals surface area contributed by atoms with E-state index in [0.29, 0.717) is 22.5 Å². The maximum Gasteiger partial charge on any atom is 0.277 e. The van der Waals surface area contributed by atoms with Gasteiger partial charge in [-0.3, -0.25) is 34.4 Å². The zero-order valence-electron chi connectivity index (χ0n) is 18.4. The summed E-state index contributed by atoms with van der Waals surface area (Å²) >= 11 is 0. The fourth-order valence-corrected chi connectivity index (χ4v) is 4.14. The summed E-state index contributed by atoms with van der Waals surface area (Å²) in [6.07, 6.45) is 1.84. The number of aromatic amines is 1. The number of benzene rings is 1. The van der Waals surface area contributed by atoms with Crippen LogP contribution in [-0.4, -0.2) is 65.7 Å². The molecule has 0 saturated carbocycles. The van der Waals surface area contributed by atoms with Gasteiger partial charge in [-0.05, 0) is 37.1 Å². The van der Waals surface area contributed by atoms with Crippen LogP contribution in [0.1, 0.15) is 55.4 Å². The predicted octanol–water partition coefficient (Wildman–Crippen LogP) is -0.589. The molecule has 0 spiro atoms. The lowest BCUT2D eigenvalue weighted by Crippen LogP contribution is -2.52. The zero-order chi connectivity index (χ0) is 24.9. The number of hydrogen-bond acceptors (Lipinski definition) is 8. The van der Waals surface area contributed by atoms with E-state index in [0.717, 1.165) is 0 Å². The van der Waals surface area contributed by atoms with Crippen LogP contribution in [0.4, 0.5) is 5.69 Å². The van der Waals surface area contributed by atoms with Gasteiger partial charge >= 0.3 is 0 Å². The van der Waals surface area contributed by atoms with Crippen LogP contribution in [0, 0.1) is 6.92 Å². The highest BCUT2D eigenvalue weighted by atomic mass is 16.2. The maximum atomic E-state index is 12.9. The van der Waals surface area contributed by atoms with Gasteiger partial charge in [0.2, 0.25) is 11.8 Å². The Morgan fingerprint density at radius 2 is 2.03 bits per heavy atom. The second-order valence-corrected chi connectivity index (χ2v) is 8.18. The van der Waals surface area contributed by atoms with Gasteiger partial charge in [0, 0.05) is 18.5 Å². The second-order valence-electron chi connectivity index (χ2n) is 8.18. The van der Waals surface area contributed by atoms with E-state index in [-0.39, 0.29) is 48.3 Å². The first kappa shape index (κ1) is 21.9. The van der Waals surface area contributed by atoms with E-state index >= 15 is 0 Å². The summed E-state index contributed by atoms with van der Waals surface area (Å²) in [4.78, 5) is 62.1. The minimum atomic E-state index is -0.799. The first-order valence-corrected chi connectivity index (χ1v) is 10.6. The SMILES string of the molecule is Cc1[nH]nc(C(N)=O)c1NC(=O)c1cn(-c2ccc3c(c2)CN(C2CCC(=O)NC2=O)C3=O)nn1. The first-order valence-electron chi connectivity index (χ1n) is 10.6. The Morgan fingerprint density at radius 1 is 1.23 bits per heavy atom. The summed E-state index contributed by atoms with van der Waals surface area (Å²) in [5.74, 6) is -2.55. The minimum Gasteiger partial charge on any atom is -0.364 e. The van der Waals surface area contributed by atoms with Crippen LogP contribution in [-0.2, 0) is 16.1 Å². The third-order valence-electron chi connectivity index (χ3n) is 5.92. The number of aryl methyl sites for hydroxylation is 1. The van der Waals surface area contributed by atoms with Gasteiger partial charge in [0.1, 0.15) is 6.04 Å². The van der Waals surface area contributed by atoms with Crippen LogP contribution < -0.4 is 16.4 Å². The molecule has 35 heavy (non-hydrogen) atoms. The van der Waals surface area contributed by atoms with Gasteiger partial charge in [0.25, 0.3) is 17.7 Å². The Labute approximate surface area is 196 Å². The highest BCUT2D eigenvalue weighted by Gasteiger charge is 2.39. The van der Waals surface area contributed by atoms with Crippen LogP contribution in [0.5, 0.6) is 0 Å². The summed E-state index contributed by atoms with van der Waals surface area (Å²) in [5.41, 5.74) is 7.43. The lowest BCUT2D eigenvalue weighted by molar-refractivity contribution is -0.136. The fraction of sp³-hybridized carbons (Fsp3) is 0.238. The zero-order valence-corrected chi connectivity index (χ0v) is 18.4. The van der Waals surface area contributed by atoms with Crippen molar-refractivity contribution in [3.8, 4) is 5.69 Å². The molecule has 2 aromatic heterocycles. The molecule has 4 heterocycles. The molecule has 178 valence electrons. The Morgan fingerprint density at radius 3 is 2.77 bits per heavy atom. The number of anilines is 1. The summed E-state index contributed by atoms with van der Waals surface area (Å²) in [7, 11) is 0. The summed E-state index contributed by atoms with van der Waals surface area (Å²) in [6.45, 7) is 1.82. The van der Waals surface area contributed by atoms with Crippen molar-refractivity contribution in [2.24, 2.45) is 5.73 Å². The van der Waals surface area contributed by atoms with Gasteiger partial charge in [-0.1, -0.05) is 5.21 Å². The molecule has 5 N–H and O–H groups in total. The van der Waals surface area contributed by atoms with Crippen molar-refractivity contribution < 1.29 is 24.0 Å². The van der Waals surface area contributed by atoms with Gasteiger partial charge in [-0.25, -0.2) is 4.68 Å². The molecule has 14 heteroatoms. The number of hydrogen-bond donors (Lipinski definition) is 4. The smallest absolute Gasteiger partial charge is 0.277 e. The first-order chi connectivity index (χ1) is 16.7. The lowest BCUT2D eigenvalue weighted by atomic mass is 10.0. The highest BCUT2D eigenvalue weighted by Crippen LogP contribution is 2.29. The number of primary amides is 1. The van der Waals surface area contributed by atoms with Gasteiger partial charge in [-0.15, -0.1) is 5.10 Å². The molecule has 5 amide bonds. The van der Waals surface area contributed by atoms with Crippen LogP contribution >= 0.6 is 0 Å². The molecule has 0 radical (unpaired) electrons. The number of nitrogens with one attached hydrogen (secondary N) is 3. The number of carbonyl (C=O) groups excluding carboxylic acids is 5. The standard InChI is InChI=1S/C21H19N9O5/c1-9-16(17(18(22)32)27-25-9)24-19(33)13-8-30(28-26-13)11-2-3-12-10(6-11)7-29(21(12)35)14-4-5-15(31)23-20(14)34/h2-3,6,8,14H,4-5,7H2,1H3,(H2,22,32)(H,24,33)(H,25,27)(H,23,31,34). The highest BCUT2D eigenvalue weighted by molar-refractivity contribution is 6.08. The van der Waals surface area contributed by atoms with E-state index in [1.54, 1.807) is 25.1 Å². The maximum absolute atomic E-state index is 12.9. The van der Waals surface area contributed by atoms with Crippen molar-refractivity contribution in [3.05, 3.63) is 52.6 Å². The van der Waals surface area contributed by atoms with Gasteiger partial charge in [0.05, 0.1) is 23.3 Å². The van der Waals surface area contributed by atoms with Crippen molar-refractivity contribution in [2.45, 2.75) is 32.4 Å². The molecule has 5 rings (SSSR count). The molecular formula is C21H19N9O5. The van der Waals surface area contributed by atoms with E-state index in [2.05, 4.69) is 31.1 Å². The molecule has 2 aliphatic rings. The normalized spacial score (nSPS) is 17.3. The summed E-state index contributed by atoms with van der Waals surface area (Å²) in [5, 5.41) is 19.0. The molecular weight excluding hydrogens is 458 g/mol. The number of amides is 5. The van der Waals surface area contributed by atoms with Crippen LogP contribution in [0.2, 0.25) is 0 Å². The Kier molecular flexibility index (Phi) is 5.12. The number of rotatable bonds is 5. The van der Waals surface area contributed by atoms with Crippen LogP contribution in [0.15, 0.2) is 24.4 Å². The molecule has 1 fully saturated rings. The second kappa shape index (κ2) is 8.16. The van der Waals surface area contributed by atoms with Crippen LogP contribution in [0.25, 0.3) is 5.69 Å². The molecule has 1 saturated heterocycles. The van der Waals surface area contributed by atoms with E-state index in [9.17, 15) is 24.0 Å². The number of aromatic nitrogens is 5. The number of imide groups is 1. The van der Waals surface area contributed by atoms with Crippen molar-refractivity contribution in [2.75, 3.05) is 5.32 Å².